The quantitative estimate of drug-likeness (QED) is 0.185. The first-order valence-electron chi connectivity index (χ1n) is 15.8. The van der Waals surface area contributed by atoms with E-state index in [9.17, 15) is 9.59 Å². The zero-order valence-corrected chi connectivity index (χ0v) is 24.9. The first kappa shape index (κ1) is 30.8. The summed E-state index contributed by atoms with van der Waals surface area (Å²) in [7, 11) is 0. The van der Waals surface area contributed by atoms with Crippen molar-refractivity contribution < 1.29 is 23.9 Å². The van der Waals surface area contributed by atoms with Gasteiger partial charge in [0.05, 0.1) is 6.61 Å². The van der Waals surface area contributed by atoms with Crippen molar-refractivity contribution in [2.24, 2.45) is 17.8 Å². The number of hydrogen-bond donors (Lipinski definition) is 2. The Bertz CT molecular complexity index is 904. The molecule has 3 aliphatic rings. The topological polar surface area (TPSA) is 89.1 Å². The number of hydroxylamine groups is 1. The van der Waals surface area contributed by atoms with Crippen LogP contribution in [0.25, 0.3) is 0 Å². The van der Waals surface area contributed by atoms with Crippen LogP contribution in [0.15, 0.2) is 24.3 Å². The van der Waals surface area contributed by atoms with Gasteiger partial charge in [-0.1, -0.05) is 33.1 Å². The zero-order valence-electron chi connectivity index (χ0n) is 24.9. The summed E-state index contributed by atoms with van der Waals surface area (Å²) >= 11 is 0. The van der Waals surface area contributed by atoms with Crippen LogP contribution in [-0.4, -0.2) is 56.6 Å². The van der Waals surface area contributed by atoms with Crippen LogP contribution in [0.1, 0.15) is 102 Å². The molecule has 1 aromatic carbocycles. The molecule has 3 fully saturated rings. The Morgan fingerprint density at radius 2 is 1.55 bits per heavy atom. The van der Waals surface area contributed by atoms with Crippen LogP contribution in [0.4, 0.5) is 5.69 Å². The Kier molecular flexibility index (Phi) is 12.1. The van der Waals surface area contributed by atoms with Crippen LogP contribution in [0.5, 0.6) is 0 Å². The molecular formula is C32H51N3O5. The van der Waals surface area contributed by atoms with Gasteiger partial charge in [-0.15, -0.1) is 0 Å². The lowest BCUT2D eigenvalue weighted by Gasteiger charge is -2.36. The van der Waals surface area contributed by atoms with Crippen molar-refractivity contribution in [1.82, 2.24) is 10.8 Å². The second-order valence-electron chi connectivity index (χ2n) is 12.4. The third-order valence-electron chi connectivity index (χ3n) is 8.68. The maximum Gasteiger partial charge on any atom is 0.323 e. The normalized spacial score (nSPS) is 20.9. The van der Waals surface area contributed by atoms with Gasteiger partial charge in [0.15, 0.2) is 6.29 Å². The fraction of sp³-hybridized carbons (Fsp3) is 0.750. The molecule has 1 aliphatic heterocycles. The summed E-state index contributed by atoms with van der Waals surface area (Å²) in [5.41, 5.74) is 4.16. The van der Waals surface area contributed by atoms with Gasteiger partial charge in [0, 0.05) is 24.3 Å². The molecule has 8 heteroatoms. The second-order valence-corrected chi connectivity index (χ2v) is 12.4. The number of benzene rings is 1. The summed E-state index contributed by atoms with van der Waals surface area (Å²) in [5.74, 6) is 1.06. The lowest BCUT2D eigenvalue weighted by Crippen LogP contribution is -2.48. The van der Waals surface area contributed by atoms with Gasteiger partial charge < -0.3 is 19.7 Å². The summed E-state index contributed by atoms with van der Waals surface area (Å²) < 4.78 is 11.5. The van der Waals surface area contributed by atoms with Gasteiger partial charge in [0.2, 0.25) is 0 Å². The Morgan fingerprint density at radius 1 is 0.900 bits per heavy atom. The molecule has 224 valence electrons. The molecule has 4 rings (SSSR count). The van der Waals surface area contributed by atoms with Crippen molar-refractivity contribution in [2.45, 2.75) is 110 Å². The number of hydrogen-bond acceptors (Lipinski definition) is 7. The molecule has 0 spiro atoms. The molecule has 0 aromatic heterocycles. The molecule has 1 unspecified atom stereocenters. The molecule has 0 radical (unpaired) electrons. The van der Waals surface area contributed by atoms with Crippen molar-refractivity contribution in [3.63, 3.8) is 0 Å². The van der Waals surface area contributed by atoms with Crippen LogP contribution >= 0.6 is 0 Å². The van der Waals surface area contributed by atoms with Gasteiger partial charge in [-0.3, -0.25) is 9.59 Å². The number of nitrogens with one attached hydrogen (secondary N) is 2. The summed E-state index contributed by atoms with van der Waals surface area (Å²) in [4.78, 5) is 33.3. The Morgan fingerprint density at radius 3 is 2.20 bits per heavy atom. The number of amides is 1. The molecule has 2 saturated carbocycles. The molecule has 40 heavy (non-hydrogen) atoms. The predicted octanol–water partition coefficient (Wildman–Crippen LogP) is 5.61. The molecule has 2 N–H and O–H groups in total. The number of piperidine rings is 1. The summed E-state index contributed by atoms with van der Waals surface area (Å²) in [6.45, 7) is 9.27. The Labute approximate surface area is 240 Å². The van der Waals surface area contributed by atoms with Crippen molar-refractivity contribution in [1.29, 1.82) is 0 Å². The third-order valence-corrected chi connectivity index (χ3v) is 8.68. The standard InChI is InChI=1S/C32H51N3O5/c1-23(2)22-38-24(3)40-34-31(36)27-13-15-28(16-14-27)35-19-17-25(18-20-35)21-33-30(26-9-5-4-6-10-26)32(37)39-29-11-7-8-12-29/h13-16,23-26,29-30,33H,4-12,17-22H2,1-3H3,(H,34,36)/t24?,30-/m0/s1. The highest BCUT2D eigenvalue weighted by molar-refractivity contribution is 5.93. The molecule has 8 nitrogen and oxygen atoms in total. The van der Waals surface area contributed by atoms with E-state index in [1.54, 1.807) is 6.92 Å². The largest absolute Gasteiger partial charge is 0.461 e. The van der Waals surface area contributed by atoms with Crippen molar-refractivity contribution in [2.75, 3.05) is 31.1 Å². The number of carbonyl (C=O) groups excluding carboxylic acids is 2. The fourth-order valence-corrected chi connectivity index (χ4v) is 6.22. The molecule has 2 aliphatic carbocycles. The number of rotatable bonds is 13. The summed E-state index contributed by atoms with van der Waals surface area (Å²) in [6.07, 6.45) is 12.1. The van der Waals surface area contributed by atoms with Crippen LogP contribution < -0.4 is 15.7 Å². The van der Waals surface area contributed by atoms with Gasteiger partial charge in [0.25, 0.3) is 5.91 Å². The van der Waals surface area contributed by atoms with E-state index in [0.29, 0.717) is 29.9 Å². The van der Waals surface area contributed by atoms with Crippen molar-refractivity contribution >= 4 is 17.6 Å². The molecule has 0 bridgehead atoms. The number of carbonyl (C=O) groups is 2. The molecule has 1 aromatic rings. The highest BCUT2D eigenvalue weighted by atomic mass is 16.8. The van der Waals surface area contributed by atoms with Crippen molar-refractivity contribution in [3.05, 3.63) is 29.8 Å². The van der Waals surface area contributed by atoms with Gasteiger partial charge >= 0.3 is 5.97 Å². The van der Waals surface area contributed by atoms with E-state index < -0.39 is 6.29 Å². The predicted molar refractivity (Wildman–Crippen MR) is 157 cm³/mol. The number of ether oxygens (including phenoxy) is 2. The fourth-order valence-electron chi connectivity index (χ4n) is 6.22. The minimum Gasteiger partial charge on any atom is -0.461 e. The SMILES string of the molecule is CC(C)COC(C)ONC(=O)c1ccc(N2CCC(CN[C@H](C(=O)OC3CCCC3)C3CCCCC3)CC2)cc1. The second kappa shape index (κ2) is 15.7. The maximum absolute atomic E-state index is 13.2. The van der Waals surface area contributed by atoms with E-state index in [4.69, 9.17) is 14.3 Å². The van der Waals surface area contributed by atoms with Crippen LogP contribution in [0.2, 0.25) is 0 Å². The van der Waals surface area contributed by atoms with Gasteiger partial charge in [0.1, 0.15) is 12.1 Å². The summed E-state index contributed by atoms with van der Waals surface area (Å²) in [6, 6.07) is 7.53. The average Bonchev–Trinajstić information content (AvgIpc) is 3.49. The van der Waals surface area contributed by atoms with Gasteiger partial charge in [-0.2, -0.15) is 0 Å². The minimum atomic E-state index is -0.503. The minimum absolute atomic E-state index is 0.0108. The number of anilines is 1. The van der Waals surface area contributed by atoms with Gasteiger partial charge in [-0.05, 0) is 107 Å². The zero-order chi connectivity index (χ0) is 28.3. The molecule has 1 saturated heterocycles. The van der Waals surface area contributed by atoms with E-state index in [0.717, 1.165) is 63.8 Å². The molecule has 1 heterocycles. The third kappa shape index (κ3) is 9.45. The smallest absolute Gasteiger partial charge is 0.323 e. The lowest BCUT2D eigenvalue weighted by atomic mass is 9.83. The summed E-state index contributed by atoms with van der Waals surface area (Å²) in [5, 5.41) is 3.68. The number of esters is 1. The lowest BCUT2D eigenvalue weighted by molar-refractivity contribution is -0.163. The monoisotopic (exact) mass is 557 g/mol. The number of nitrogens with zero attached hydrogens (tertiary/aromatic N) is 1. The van der Waals surface area contributed by atoms with E-state index in [1.165, 1.54) is 32.1 Å². The van der Waals surface area contributed by atoms with Crippen LogP contribution in [0.3, 0.4) is 0 Å². The maximum atomic E-state index is 13.2. The molecule has 2 atom stereocenters. The average molecular weight is 558 g/mol. The first-order valence-corrected chi connectivity index (χ1v) is 15.8. The molecular weight excluding hydrogens is 506 g/mol. The van der Waals surface area contributed by atoms with Crippen LogP contribution in [-0.2, 0) is 19.1 Å². The highest BCUT2D eigenvalue weighted by Gasteiger charge is 2.33. The van der Waals surface area contributed by atoms with E-state index in [2.05, 4.69) is 29.5 Å². The van der Waals surface area contributed by atoms with E-state index in [-0.39, 0.29) is 24.0 Å². The van der Waals surface area contributed by atoms with E-state index >= 15 is 0 Å². The van der Waals surface area contributed by atoms with Gasteiger partial charge in [-0.25, -0.2) is 10.3 Å². The van der Waals surface area contributed by atoms with E-state index in [1.807, 2.05) is 24.3 Å². The highest BCUT2D eigenvalue weighted by Crippen LogP contribution is 2.30. The Balaban J connectivity index is 1.21. The first-order chi connectivity index (χ1) is 19.4. The van der Waals surface area contributed by atoms with Crippen molar-refractivity contribution in [3.8, 4) is 0 Å². The molecule has 1 amide bonds. The van der Waals surface area contributed by atoms with Crippen LogP contribution in [0, 0.1) is 17.8 Å². The Hall–Kier alpha value is -2.16.